The molecule has 0 aromatic heterocycles. The van der Waals surface area contributed by atoms with Gasteiger partial charge < -0.3 is 15.6 Å². The molecule has 1 rings (SSSR count). The highest BCUT2D eigenvalue weighted by molar-refractivity contribution is 9.10. The Morgan fingerprint density at radius 1 is 1.22 bits per heavy atom. The van der Waals surface area contributed by atoms with E-state index in [0.717, 1.165) is 47.0 Å². The number of rotatable bonds is 8. The van der Waals surface area contributed by atoms with Crippen molar-refractivity contribution in [1.29, 1.82) is 0 Å². The van der Waals surface area contributed by atoms with E-state index in [4.69, 9.17) is 15.6 Å². The molecule has 0 fully saturated rings. The van der Waals surface area contributed by atoms with Crippen molar-refractivity contribution in [3.63, 3.8) is 0 Å². The van der Waals surface area contributed by atoms with Crippen molar-refractivity contribution in [2.75, 3.05) is 13.2 Å². The van der Waals surface area contributed by atoms with Gasteiger partial charge in [0.1, 0.15) is 5.75 Å². The Bertz CT molecular complexity index is 369. The summed E-state index contributed by atoms with van der Waals surface area (Å²) < 4.78 is 6.87. The zero-order valence-corrected chi connectivity index (χ0v) is 12.5. The number of unbranched alkanes of at least 4 members (excludes halogenated alkanes) is 3. The Hall–Kier alpha value is -0.580. The van der Waals surface area contributed by atoms with Crippen LogP contribution < -0.4 is 10.5 Å². The van der Waals surface area contributed by atoms with Gasteiger partial charge in [0.2, 0.25) is 0 Å². The Morgan fingerprint density at radius 2 is 1.94 bits per heavy atom. The summed E-state index contributed by atoms with van der Waals surface area (Å²) in [4.78, 5) is 0. The van der Waals surface area contributed by atoms with Crippen LogP contribution in [-0.4, -0.2) is 18.3 Å². The van der Waals surface area contributed by atoms with Gasteiger partial charge in [0.25, 0.3) is 0 Å². The second-order valence-corrected chi connectivity index (χ2v) is 5.32. The zero-order valence-electron chi connectivity index (χ0n) is 10.9. The largest absolute Gasteiger partial charge is 0.493 e. The van der Waals surface area contributed by atoms with Crippen LogP contribution in [0.4, 0.5) is 0 Å². The smallest absolute Gasteiger partial charge is 0.126 e. The van der Waals surface area contributed by atoms with Crippen LogP contribution in [0.2, 0.25) is 0 Å². The average Bonchev–Trinajstić information content (AvgIpc) is 2.35. The number of benzene rings is 1. The first-order valence-electron chi connectivity index (χ1n) is 6.41. The fourth-order valence-corrected chi connectivity index (χ4v) is 2.52. The fourth-order valence-electron chi connectivity index (χ4n) is 1.90. The summed E-state index contributed by atoms with van der Waals surface area (Å²) in [5.41, 5.74) is 7.88. The molecule has 0 spiro atoms. The van der Waals surface area contributed by atoms with Gasteiger partial charge in [-0.15, -0.1) is 0 Å². The molecule has 4 heteroatoms. The number of hydrogen-bond acceptors (Lipinski definition) is 3. The Balaban J connectivity index is 2.46. The number of halogens is 1. The van der Waals surface area contributed by atoms with Crippen LogP contribution in [0, 0.1) is 6.92 Å². The summed E-state index contributed by atoms with van der Waals surface area (Å²) in [6.07, 6.45) is 4.04. The van der Waals surface area contributed by atoms with Gasteiger partial charge in [0, 0.05) is 23.2 Å². The van der Waals surface area contributed by atoms with Crippen molar-refractivity contribution in [3.05, 3.63) is 27.7 Å². The van der Waals surface area contributed by atoms with E-state index in [1.165, 1.54) is 0 Å². The van der Waals surface area contributed by atoms with Gasteiger partial charge >= 0.3 is 0 Å². The zero-order chi connectivity index (χ0) is 13.4. The Kier molecular flexibility index (Phi) is 7.32. The van der Waals surface area contributed by atoms with E-state index in [1.807, 2.05) is 19.1 Å². The second kappa shape index (κ2) is 8.51. The molecule has 0 saturated carbocycles. The van der Waals surface area contributed by atoms with E-state index in [9.17, 15) is 0 Å². The lowest BCUT2D eigenvalue weighted by atomic mass is 10.1. The van der Waals surface area contributed by atoms with Crippen molar-refractivity contribution in [3.8, 4) is 5.75 Å². The van der Waals surface area contributed by atoms with E-state index in [2.05, 4.69) is 15.9 Å². The SMILES string of the molecule is Cc1cc(Br)cc(CN)c1OCCCCCCO. The van der Waals surface area contributed by atoms with Crippen LogP contribution in [0.15, 0.2) is 16.6 Å². The maximum absolute atomic E-state index is 8.68. The second-order valence-electron chi connectivity index (χ2n) is 4.40. The van der Waals surface area contributed by atoms with E-state index in [0.29, 0.717) is 13.2 Å². The van der Waals surface area contributed by atoms with Crippen LogP contribution in [0.3, 0.4) is 0 Å². The molecule has 0 radical (unpaired) electrons. The molecule has 1 aromatic carbocycles. The van der Waals surface area contributed by atoms with Crippen molar-refractivity contribution in [2.45, 2.75) is 39.2 Å². The van der Waals surface area contributed by atoms with Gasteiger partial charge in [-0.1, -0.05) is 22.4 Å². The molecule has 3 N–H and O–H groups in total. The molecule has 1 aromatic rings. The predicted octanol–water partition coefficient (Wildman–Crippen LogP) is 3.15. The summed E-state index contributed by atoms with van der Waals surface area (Å²) >= 11 is 3.46. The fraction of sp³-hybridized carbons (Fsp3) is 0.571. The number of hydrogen-bond donors (Lipinski definition) is 2. The molecule has 18 heavy (non-hydrogen) atoms. The van der Waals surface area contributed by atoms with Gasteiger partial charge in [-0.2, -0.15) is 0 Å². The summed E-state index contributed by atoms with van der Waals surface area (Å²) in [6, 6.07) is 4.05. The third kappa shape index (κ3) is 4.96. The maximum Gasteiger partial charge on any atom is 0.126 e. The minimum absolute atomic E-state index is 0.282. The summed E-state index contributed by atoms with van der Waals surface area (Å²) in [5.74, 6) is 0.919. The Morgan fingerprint density at radius 3 is 2.61 bits per heavy atom. The van der Waals surface area contributed by atoms with Gasteiger partial charge in [-0.05, 0) is 43.9 Å². The van der Waals surface area contributed by atoms with Gasteiger partial charge in [-0.25, -0.2) is 0 Å². The molecule has 0 unspecified atom stereocenters. The first-order valence-corrected chi connectivity index (χ1v) is 7.21. The molecule has 102 valence electrons. The average molecular weight is 316 g/mol. The van der Waals surface area contributed by atoms with Crippen LogP contribution in [-0.2, 0) is 6.54 Å². The lowest BCUT2D eigenvalue weighted by Gasteiger charge is -2.14. The molecule has 0 bridgehead atoms. The summed E-state index contributed by atoms with van der Waals surface area (Å²) in [5, 5.41) is 8.68. The predicted molar refractivity (Wildman–Crippen MR) is 77.8 cm³/mol. The number of aliphatic hydroxyl groups excluding tert-OH is 1. The lowest BCUT2D eigenvalue weighted by molar-refractivity contribution is 0.272. The van der Waals surface area contributed by atoms with Crippen molar-refractivity contribution in [1.82, 2.24) is 0 Å². The highest BCUT2D eigenvalue weighted by Crippen LogP contribution is 2.28. The quantitative estimate of drug-likeness (QED) is 0.725. The highest BCUT2D eigenvalue weighted by atomic mass is 79.9. The van der Waals surface area contributed by atoms with Gasteiger partial charge in [0.05, 0.1) is 6.61 Å². The van der Waals surface area contributed by atoms with E-state index >= 15 is 0 Å². The van der Waals surface area contributed by atoms with E-state index < -0.39 is 0 Å². The van der Waals surface area contributed by atoms with Crippen LogP contribution in [0.5, 0.6) is 5.75 Å². The molecule has 0 heterocycles. The third-order valence-corrected chi connectivity index (χ3v) is 3.29. The summed E-state index contributed by atoms with van der Waals surface area (Å²) in [6.45, 7) is 3.51. The molecule has 0 aliphatic heterocycles. The molecule has 0 amide bonds. The number of nitrogens with two attached hydrogens (primary N) is 1. The monoisotopic (exact) mass is 315 g/mol. The molecular weight excluding hydrogens is 294 g/mol. The molecule has 0 atom stereocenters. The first kappa shape index (κ1) is 15.5. The minimum atomic E-state index is 0.282. The minimum Gasteiger partial charge on any atom is -0.493 e. The van der Waals surface area contributed by atoms with Crippen LogP contribution >= 0.6 is 15.9 Å². The first-order chi connectivity index (χ1) is 8.69. The normalized spacial score (nSPS) is 10.7. The standard InChI is InChI=1S/C14H22BrNO2/c1-11-8-13(15)9-12(10-16)14(11)18-7-5-3-2-4-6-17/h8-9,17H,2-7,10,16H2,1H3. The van der Waals surface area contributed by atoms with Crippen LogP contribution in [0.25, 0.3) is 0 Å². The number of aryl methyl sites for hydroxylation is 1. The number of aliphatic hydroxyl groups is 1. The molecular formula is C14H22BrNO2. The van der Waals surface area contributed by atoms with Crippen molar-refractivity contribution in [2.24, 2.45) is 5.73 Å². The van der Waals surface area contributed by atoms with E-state index in [-0.39, 0.29) is 6.61 Å². The number of ether oxygens (including phenoxy) is 1. The van der Waals surface area contributed by atoms with Crippen LogP contribution in [0.1, 0.15) is 36.8 Å². The maximum atomic E-state index is 8.68. The Labute approximate surface area is 117 Å². The lowest BCUT2D eigenvalue weighted by Crippen LogP contribution is -2.05. The summed E-state index contributed by atoms with van der Waals surface area (Å²) in [7, 11) is 0. The van der Waals surface area contributed by atoms with Crippen molar-refractivity contribution >= 4 is 15.9 Å². The van der Waals surface area contributed by atoms with E-state index in [1.54, 1.807) is 0 Å². The molecule has 0 aliphatic carbocycles. The van der Waals surface area contributed by atoms with Crippen molar-refractivity contribution < 1.29 is 9.84 Å². The molecule has 0 saturated heterocycles. The third-order valence-electron chi connectivity index (χ3n) is 2.84. The molecule has 3 nitrogen and oxygen atoms in total. The molecule has 0 aliphatic rings. The van der Waals surface area contributed by atoms with Gasteiger partial charge in [-0.3, -0.25) is 0 Å². The topological polar surface area (TPSA) is 55.5 Å². The highest BCUT2D eigenvalue weighted by Gasteiger charge is 2.07. The van der Waals surface area contributed by atoms with Gasteiger partial charge in [0.15, 0.2) is 0 Å².